The molecule has 2 amide bonds. The molecule has 40 heavy (non-hydrogen) atoms. The number of nitrogens with one attached hydrogen (secondary N) is 1. The van der Waals surface area contributed by atoms with Gasteiger partial charge in [0.25, 0.3) is 0 Å². The molecule has 3 aliphatic rings. The average molecular weight is 550 g/mol. The Morgan fingerprint density at radius 2 is 1.95 bits per heavy atom. The van der Waals surface area contributed by atoms with Gasteiger partial charge in [-0.25, -0.2) is 0 Å². The van der Waals surface area contributed by atoms with Gasteiger partial charge in [-0.2, -0.15) is 0 Å². The Labute approximate surface area is 236 Å². The second-order valence-electron chi connectivity index (χ2n) is 12.6. The number of carbonyl (C=O) groups is 4. The monoisotopic (exact) mass is 549 g/mol. The normalized spacial score (nSPS) is 27.4. The number of amides is 2. The lowest BCUT2D eigenvalue weighted by atomic mass is 9.95. The van der Waals surface area contributed by atoms with E-state index in [0.717, 1.165) is 54.3 Å². The predicted octanol–water partition coefficient (Wildman–Crippen LogP) is 4.84. The number of aryl methyl sites for hydroxylation is 1. The highest BCUT2D eigenvalue weighted by Gasteiger charge is 2.66. The van der Waals surface area contributed by atoms with E-state index >= 15 is 0 Å². The van der Waals surface area contributed by atoms with Crippen LogP contribution in [-0.4, -0.2) is 57.6 Å². The molecule has 0 radical (unpaired) electrons. The van der Waals surface area contributed by atoms with Gasteiger partial charge >= 0.3 is 0 Å². The van der Waals surface area contributed by atoms with Crippen molar-refractivity contribution < 1.29 is 23.9 Å². The molecule has 1 aromatic carbocycles. The fourth-order valence-corrected chi connectivity index (χ4v) is 6.99. The van der Waals surface area contributed by atoms with E-state index in [-0.39, 0.29) is 53.4 Å². The number of Topliss-reactive ketones (excluding diaryl/α,β-unsaturated/α-hetero) is 2. The Hall–Kier alpha value is -3.16. The van der Waals surface area contributed by atoms with Gasteiger partial charge < -0.3 is 19.5 Å². The van der Waals surface area contributed by atoms with E-state index in [2.05, 4.69) is 12.2 Å². The molecule has 1 saturated heterocycles. The Bertz CT molecular complexity index is 1340. The molecule has 8 heteroatoms. The predicted molar refractivity (Wildman–Crippen MR) is 153 cm³/mol. The standard InChI is InChI=1S/C32H43N3O5/c1-6-27(37)26-14-32-15-28(32)35(26)30(39)17-34-16-25(21(5)36)24-13-23(40-19(2)3)12-22(31(24)34)10-8-7-9-20(4)11-29(38)33-18-32/h12-13,16,19-20,26,28H,6-11,14-15,17-18H2,1-5H3,(H,33,38)/t20-,26-,28+,32-/m0/s1. The van der Waals surface area contributed by atoms with Crippen LogP contribution in [0.5, 0.6) is 5.75 Å². The number of hydrogen-bond donors (Lipinski definition) is 1. The molecule has 1 saturated carbocycles. The van der Waals surface area contributed by atoms with Gasteiger partial charge in [0, 0.05) is 48.0 Å². The summed E-state index contributed by atoms with van der Waals surface area (Å²) in [6.45, 7) is 10.0. The van der Waals surface area contributed by atoms with Crippen LogP contribution in [-0.2, 0) is 27.3 Å². The summed E-state index contributed by atoms with van der Waals surface area (Å²) in [6, 6.07) is 3.45. The average Bonchev–Trinajstić information content (AvgIpc) is 3.30. The van der Waals surface area contributed by atoms with Gasteiger partial charge in [0.15, 0.2) is 11.6 Å². The van der Waals surface area contributed by atoms with Crippen LogP contribution >= 0.6 is 0 Å². The highest BCUT2D eigenvalue weighted by molar-refractivity contribution is 6.08. The van der Waals surface area contributed by atoms with Crippen molar-refractivity contribution in [3.8, 4) is 5.75 Å². The Morgan fingerprint density at radius 3 is 2.65 bits per heavy atom. The van der Waals surface area contributed by atoms with E-state index in [4.69, 9.17) is 4.74 Å². The zero-order valence-corrected chi connectivity index (χ0v) is 24.5. The number of ketones is 2. The van der Waals surface area contributed by atoms with E-state index in [1.54, 1.807) is 18.0 Å². The largest absolute Gasteiger partial charge is 0.491 e. The summed E-state index contributed by atoms with van der Waals surface area (Å²) in [5, 5.41) is 3.94. The van der Waals surface area contributed by atoms with Crippen molar-refractivity contribution in [3.05, 3.63) is 29.5 Å². The summed E-state index contributed by atoms with van der Waals surface area (Å²) in [7, 11) is 0. The first-order valence-electron chi connectivity index (χ1n) is 15.0. The van der Waals surface area contributed by atoms with Crippen molar-refractivity contribution in [1.82, 2.24) is 14.8 Å². The molecule has 1 N–H and O–H groups in total. The lowest BCUT2D eigenvalue weighted by Gasteiger charge is -2.27. The molecule has 2 aromatic rings. The van der Waals surface area contributed by atoms with Crippen molar-refractivity contribution in [2.75, 3.05) is 6.54 Å². The van der Waals surface area contributed by atoms with E-state index < -0.39 is 6.04 Å². The minimum absolute atomic E-state index is 0.0155. The molecule has 0 spiro atoms. The third-order valence-electron chi connectivity index (χ3n) is 9.07. The molecule has 8 nitrogen and oxygen atoms in total. The number of carbonyl (C=O) groups excluding carboxylic acids is 4. The molecular formula is C32H43N3O5. The maximum absolute atomic E-state index is 14.0. The first-order chi connectivity index (χ1) is 19.0. The van der Waals surface area contributed by atoms with E-state index in [1.807, 2.05) is 37.5 Å². The van der Waals surface area contributed by atoms with Crippen LogP contribution in [0.25, 0.3) is 10.9 Å². The molecule has 2 fully saturated rings. The summed E-state index contributed by atoms with van der Waals surface area (Å²) < 4.78 is 7.99. The number of nitrogens with zero attached hydrogens (tertiary/aromatic N) is 2. The smallest absolute Gasteiger partial charge is 0.243 e. The van der Waals surface area contributed by atoms with Gasteiger partial charge in [0.1, 0.15) is 12.3 Å². The summed E-state index contributed by atoms with van der Waals surface area (Å²) >= 11 is 0. The molecule has 2 bridgehead atoms. The maximum atomic E-state index is 14.0. The third kappa shape index (κ3) is 5.41. The number of hydrogen-bond acceptors (Lipinski definition) is 5. The lowest BCUT2D eigenvalue weighted by Crippen LogP contribution is -2.44. The highest BCUT2D eigenvalue weighted by atomic mass is 16.5. The van der Waals surface area contributed by atoms with E-state index in [9.17, 15) is 19.2 Å². The highest BCUT2D eigenvalue weighted by Crippen LogP contribution is 2.59. The number of ether oxygens (including phenoxy) is 1. The molecule has 1 aromatic heterocycles. The Kier molecular flexibility index (Phi) is 7.81. The van der Waals surface area contributed by atoms with Crippen LogP contribution in [0.1, 0.15) is 95.5 Å². The molecule has 0 unspecified atom stereocenters. The second-order valence-corrected chi connectivity index (χ2v) is 12.6. The Morgan fingerprint density at radius 1 is 1.18 bits per heavy atom. The zero-order chi connectivity index (χ0) is 28.8. The number of benzene rings is 1. The lowest BCUT2D eigenvalue weighted by molar-refractivity contribution is -0.139. The van der Waals surface area contributed by atoms with Crippen molar-refractivity contribution in [1.29, 1.82) is 0 Å². The summed E-state index contributed by atoms with van der Waals surface area (Å²) in [5.41, 5.74) is 2.29. The van der Waals surface area contributed by atoms with Crippen molar-refractivity contribution in [2.24, 2.45) is 11.3 Å². The van der Waals surface area contributed by atoms with Crippen molar-refractivity contribution in [3.63, 3.8) is 0 Å². The van der Waals surface area contributed by atoms with Gasteiger partial charge in [-0.05, 0) is 70.1 Å². The molecule has 2 aliphatic heterocycles. The minimum Gasteiger partial charge on any atom is -0.491 e. The third-order valence-corrected chi connectivity index (χ3v) is 9.07. The number of rotatable bonds is 5. The summed E-state index contributed by atoms with van der Waals surface area (Å²) in [4.78, 5) is 54.3. The SMILES string of the molecule is CCC(=O)[C@@H]1C[C@]23CNC(=O)C[C@@H](C)CCCCc4cc(OC(C)C)cc5c(C(C)=O)cn(c45)CC(=O)N1[C@@H]2C3. The van der Waals surface area contributed by atoms with Gasteiger partial charge in [0.2, 0.25) is 11.8 Å². The van der Waals surface area contributed by atoms with Crippen LogP contribution in [0.3, 0.4) is 0 Å². The topological polar surface area (TPSA) is 97.7 Å². The van der Waals surface area contributed by atoms with E-state index in [1.165, 1.54) is 0 Å². The van der Waals surface area contributed by atoms with Gasteiger partial charge in [0.05, 0.1) is 17.7 Å². The molecule has 5 rings (SSSR count). The molecular weight excluding hydrogens is 506 g/mol. The van der Waals surface area contributed by atoms with Crippen LogP contribution in [0.4, 0.5) is 0 Å². The van der Waals surface area contributed by atoms with Gasteiger partial charge in [-0.1, -0.05) is 26.7 Å². The fourth-order valence-electron chi connectivity index (χ4n) is 6.99. The van der Waals surface area contributed by atoms with E-state index in [0.29, 0.717) is 31.4 Å². The number of piperidine rings is 1. The first kappa shape index (κ1) is 28.4. The van der Waals surface area contributed by atoms with Gasteiger partial charge in [-0.3, -0.25) is 19.2 Å². The van der Waals surface area contributed by atoms with Crippen molar-refractivity contribution >= 4 is 34.3 Å². The van der Waals surface area contributed by atoms with Crippen molar-refractivity contribution in [2.45, 2.75) is 111 Å². The Balaban J connectivity index is 1.58. The minimum atomic E-state index is -0.467. The maximum Gasteiger partial charge on any atom is 0.243 e. The molecule has 216 valence electrons. The summed E-state index contributed by atoms with van der Waals surface area (Å²) in [5.74, 6) is 0.928. The quantitative estimate of drug-likeness (QED) is 0.539. The zero-order valence-electron chi connectivity index (χ0n) is 24.5. The summed E-state index contributed by atoms with van der Waals surface area (Å²) in [6.07, 6.45) is 7.65. The fraction of sp³-hybridized carbons (Fsp3) is 0.625. The second kappa shape index (κ2) is 11.0. The van der Waals surface area contributed by atoms with Crippen LogP contribution in [0.15, 0.2) is 18.3 Å². The number of aromatic nitrogens is 1. The van der Waals surface area contributed by atoms with Crippen LogP contribution < -0.4 is 10.1 Å². The molecule has 4 atom stereocenters. The van der Waals surface area contributed by atoms with Crippen LogP contribution in [0, 0.1) is 11.3 Å². The first-order valence-corrected chi connectivity index (χ1v) is 15.0. The molecule has 3 heterocycles. The molecule has 1 aliphatic carbocycles. The van der Waals surface area contributed by atoms with Crippen LogP contribution in [0.2, 0.25) is 0 Å². The van der Waals surface area contributed by atoms with Gasteiger partial charge in [-0.15, -0.1) is 0 Å².